The van der Waals surface area contributed by atoms with Crippen LogP contribution >= 0.6 is 11.3 Å². The summed E-state index contributed by atoms with van der Waals surface area (Å²) in [5, 5.41) is 5.16. The van der Waals surface area contributed by atoms with Crippen LogP contribution in [-0.2, 0) is 13.2 Å². The van der Waals surface area contributed by atoms with Gasteiger partial charge >= 0.3 is 0 Å². The van der Waals surface area contributed by atoms with E-state index in [4.69, 9.17) is 4.74 Å². The zero-order valence-corrected chi connectivity index (χ0v) is 11.5. The summed E-state index contributed by atoms with van der Waals surface area (Å²) in [6, 6.07) is 8.06. The van der Waals surface area contributed by atoms with Crippen molar-refractivity contribution in [1.82, 2.24) is 14.7 Å². The summed E-state index contributed by atoms with van der Waals surface area (Å²) in [7, 11) is 1.93. The van der Waals surface area contributed by atoms with Crippen LogP contribution in [0.1, 0.15) is 11.3 Å². The van der Waals surface area contributed by atoms with Crippen molar-refractivity contribution in [1.29, 1.82) is 0 Å². The Hall–Kier alpha value is -1.85. The van der Waals surface area contributed by atoms with Crippen LogP contribution in [-0.4, -0.2) is 16.4 Å². The van der Waals surface area contributed by atoms with E-state index in [9.17, 15) is 0 Å². The zero-order valence-electron chi connectivity index (χ0n) is 10.7. The molecule has 4 nitrogen and oxygen atoms in total. The Morgan fingerprint density at radius 3 is 3.11 bits per heavy atom. The summed E-state index contributed by atoms with van der Waals surface area (Å²) in [6.45, 7) is 1.30. The van der Waals surface area contributed by atoms with Gasteiger partial charge in [-0.05, 0) is 13.1 Å². The number of imidazole rings is 1. The average Bonchev–Trinajstić information content (AvgIpc) is 2.99. The first-order valence-corrected chi connectivity index (χ1v) is 7.01. The van der Waals surface area contributed by atoms with E-state index in [-0.39, 0.29) is 0 Å². The molecule has 0 fully saturated rings. The van der Waals surface area contributed by atoms with Crippen molar-refractivity contribution < 1.29 is 4.74 Å². The molecule has 0 aliphatic carbocycles. The molecule has 3 aromatic rings. The van der Waals surface area contributed by atoms with E-state index >= 15 is 0 Å². The third-order valence-electron chi connectivity index (χ3n) is 2.86. The Balaban J connectivity index is 1.73. The van der Waals surface area contributed by atoms with E-state index in [1.807, 2.05) is 47.4 Å². The van der Waals surface area contributed by atoms with Crippen molar-refractivity contribution in [2.75, 3.05) is 7.05 Å². The molecule has 2 aromatic heterocycles. The van der Waals surface area contributed by atoms with Crippen molar-refractivity contribution in [3.63, 3.8) is 0 Å². The van der Waals surface area contributed by atoms with Crippen molar-refractivity contribution >= 4 is 16.3 Å². The van der Waals surface area contributed by atoms with Crippen LogP contribution in [0.25, 0.3) is 4.96 Å². The Morgan fingerprint density at radius 1 is 1.37 bits per heavy atom. The van der Waals surface area contributed by atoms with Crippen molar-refractivity contribution in [3.8, 4) is 5.75 Å². The number of rotatable bonds is 5. The van der Waals surface area contributed by atoms with Crippen LogP contribution in [0, 0.1) is 0 Å². The normalized spacial score (nSPS) is 11.0. The number of nitrogens with zero attached hydrogens (tertiary/aromatic N) is 2. The van der Waals surface area contributed by atoms with Gasteiger partial charge in [-0.1, -0.05) is 18.2 Å². The highest BCUT2D eigenvalue weighted by atomic mass is 32.1. The smallest absolute Gasteiger partial charge is 0.193 e. The largest absolute Gasteiger partial charge is 0.487 e. The summed E-state index contributed by atoms with van der Waals surface area (Å²) >= 11 is 1.63. The maximum Gasteiger partial charge on any atom is 0.193 e. The molecule has 0 aliphatic heterocycles. The molecule has 1 N–H and O–H groups in total. The van der Waals surface area contributed by atoms with Gasteiger partial charge in [0, 0.05) is 29.9 Å². The molecule has 0 radical (unpaired) electrons. The molecule has 2 heterocycles. The molecule has 19 heavy (non-hydrogen) atoms. The molecule has 0 aliphatic rings. The Morgan fingerprint density at radius 2 is 2.26 bits per heavy atom. The van der Waals surface area contributed by atoms with Gasteiger partial charge in [0.15, 0.2) is 4.96 Å². The Bertz CT molecular complexity index is 645. The third kappa shape index (κ3) is 2.62. The second kappa shape index (κ2) is 5.42. The summed E-state index contributed by atoms with van der Waals surface area (Å²) < 4.78 is 7.88. The molecule has 1 aromatic carbocycles. The van der Waals surface area contributed by atoms with E-state index in [1.165, 1.54) is 0 Å². The van der Waals surface area contributed by atoms with Gasteiger partial charge < -0.3 is 10.1 Å². The minimum absolute atomic E-state index is 0.495. The zero-order chi connectivity index (χ0) is 13.1. The highest BCUT2D eigenvalue weighted by Crippen LogP contribution is 2.19. The second-order valence-corrected chi connectivity index (χ2v) is 5.12. The molecule has 0 amide bonds. The molecule has 98 valence electrons. The minimum atomic E-state index is 0.495. The van der Waals surface area contributed by atoms with Gasteiger partial charge in [0.1, 0.15) is 12.4 Å². The topological polar surface area (TPSA) is 38.6 Å². The fourth-order valence-electron chi connectivity index (χ4n) is 1.98. The Kier molecular flexibility index (Phi) is 3.48. The Labute approximate surface area is 115 Å². The van der Waals surface area contributed by atoms with Gasteiger partial charge in [-0.15, -0.1) is 11.3 Å². The van der Waals surface area contributed by atoms with Crippen molar-refractivity contribution in [3.05, 3.63) is 53.3 Å². The summed E-state index contributed by atoms with van der Waals surface area (Å²) in [4.78, 5) is 5.51. The number of nitrogens with one attached hydrogen (secondary N) is 1. The number of aromatic nitrogens is 2. The fourth-order valence-corrected chi connectivity index (χ4v) is 2.70. The minimum Gasteiger partial charge on any atom is -0.487 e. The van der Waals surface area contributed by atoms with Crippen molar-refractivity contribution in [2.24, 2.45) is 0 Å². The lowest BCUT2D eigenvalue weighted by atomic mass is 10.2. The van der Waals surface area contributed by atoms with Crippen molar-refractivity contribution in [2.45, 2.75) is 13.2 Å². The molecule has 0 atom stereocenters. The van der Waals surface area contributed by atoms with E-state index < -0.39 is 0 Å². The van der Waals surface area contributed by atoms with Gasteiger partial charge in [-0.3, -0.25) is 4.40 Å². The number of benzene rings is 1. The molecular weight excluding hydrogens is 258 g/mol. The predicted molar refractivity (Wildman–Crippen MR) is 76.6 cm³/mol. The summed E-state index contributed by atoms with van der Waals surface area (Å²) in [5.41, 5.74) is 2.11. The number of hydrogen-bond donors (Lipinski definition) is 1. The maximum absolute atomic E-state index is 5.86. The van der Waals surface area contributed by atoms with E-state index in [1.54, 1.807) is 11.3 Å². The standard InChI is InChI=1S/C14H15N3OS/c1-15-8-11-4-2-3-5-13(11)18-10-12-9-17-6-7-19-14(17)16-12/h2-7,9,15H,8,10H2,1H3. The van der Waals surface area contributed by atoms with Crippen LogP contribution in [0.2, 0.25) is 0 Å². The highest BCUT2D eigenvalue weighted by Gasteiger charge is 2.05. The summed E-state index contributed by atoms with van der Waals surface area (Å²) in [6.07, 6.45) is 4.01. The van der Waals surface area contributed by atoms with Crippen LogP contribution in [0.15, 0.2) is 42.0 Å². The van der Waals surface area contributed by atoms with E-state index in [0.29, 0.717) is 6.61 Å². The lowest BCUT2D eigenvalue weighted by Gasteiger charge is -2.09. The van der Waals surface area contributed by atoms with Gasteiger partial charge in [-0.2, -0.15) is 0 Å². The first kappa shape index (κ1) is 12.2. The number of para-hydroxylation sites is 1. The lowest BCUT2D eigenvalue weighted by molar-refractivity contribution is 0.298. The first-order valence-electron chi connectivity index (χ1n) is 6.13. The van der Waals surface area contributed by atoms with Gasteiger partial charge in [0.05, 0.1) is 5.69 Å². The van der Waals surface area contributed by atoms with E-state index in [0.717, 1.165) is 28.5 Å². The van der Waals surface area contributed by atoms with E-state index in [2.05, 4.69) is 16.4 Å². The maximum atomic E-state index is 5.86. The van der Waals surface area contributed by atoms with Crippen LogP contribution in [0.3, 0.4) is 0 Å². The highest BCUT2D eigenvalue weighted by molar-refractivity contribution is 7.15. The molecular formula is C14H15N3OS. The molecule has 0 saturated heterocycles. The molecule has 0 spiro atoms. The van der Waals surface area contributed by atoms with Crippen LogP contribution in [0.4, 0.5) is 0 Å². The molecule has 3 rings (SSSR count). The predicted octanol–water partition coefficient (Wildman–Crippen LogP) is 2.69. The first-order chi connectivity index (χ1) is 9.36. The number of ether oxygens (including phenoxy) is 1. The lowest BCUT2D eigenvalue weighted by Crippen LogP contribution is -2.07. The monoisotopic (exact) mass is 273 g/mol. The summed E-state index contributed by atoms with van der Waals surface area (Å²) in [5.74, 6) is 0.910. The number of fused-ring (bicyclic) bond motifs is 1. The van der Waals surface area contributed by atoms with Crippen LogP contribution in [0.5, 0.6) is 5.75 Å². The third-order valence-corrected chi connectivity index (χ3v) is 3.63. The second-order valence-electron chi connectivity index (χ2n) is 4.25. The average molecular weight is 273 g/mol. The molecule has 5 heteroatoms. The molecule has 0 bridgehead atoms. The molecule has 0 saturated carbocycles. The van der Waals surface area contributed by atoms with Gasteiger partial charge in [-0.25, -0.2) is 4.98 Å². The number of hydrogen-bond acceptors (Lipinski definition) is 4. The fraction of sp³-hybridized carbons (Fsp3) is 0.214. The van der Waals surface area contributed by atoms with Gasteiger partial charge in [0.2, 0.25) is 0 Å². The quantitative estimate of drug-likeness (QED) is 0.777. The van der Waals surface area contributed by atoms with Crippen LogP contribution < -0.4 is 10.1 Å². The molecule has 0 unspecified atom stereocenters. The number of thiazole rings is 1. The van der Waals surface area contributed by atoms with Gasteiger partial charge in [0.25, 0.3) is 0 Å². The SMILES string of the molecule is CNCc1ccccc1OCc1cn2ccsc2n1.